The summed E-state index contributed by atoms with van der Waals surface area (Å²) in [6, 6.07) is 0.306. The van der Waals surface area contributed by atoms with Crippen molar-refractivity contribution in [3.63, 3.8) is 0 Å². The lowest BCUT2D eigenvalue weighted by molar-refractivity contribution is 0.477. The van der Waals surface area contributed by atoms with Crippen molar-refractivity contribution in [3.05, 3.63) is 12.0 Å². The lowest BCUT2D eigenvalue weighted by Crippen LogP contribution is -2.09. The van der Waals surface area contributed by atoms with Crippen LogP contribution in [0.15, 0.2) is 10.7 Å². The van der Waals surface area contributed by atoms with Crippen LogP contribution in [0.4, 0.5) is 11.8 Å². The smallest absolute Gasteiger partial charge is 0.248 e. The molecule has 0 spiro atoms. The molecule has 4 rings (SSSR count). The molecule has 8 nitrogen and oxygen atoms in total. The van der Waals surface area contributed by atoms with Crippen molar-refractivity contribution in [1.29, 1.82) is 0 Å². The second-order valence-corrected chi connectivity index (χ2v) is 5.69. The van der Waals surface area contributed by atoms with Crippen LogP contribution in [-0.2, 0) is 0 Å². The highest BCUT2D eigenvalue weighted by atomic mass is 16.3. The molecule has 22 heavy (non-hydrogen) atoms. The first kappa shape index (κ1) is 13.1. The van der Waals surface area contributed by atoms with Crippen molar-refractivity contribution in [3.8, 4) is 11.6 Å². The van der Waals surface area contributed by atoms with Crippen molar-refractivity contribution >= 4 is 22.8 Å². The average Bonchev–Trinajstić information content (AvgIpc) is 3.16. The number of nitrogens with two attached hydrogens (primary N) is 2. The van der Waals surface area contributed by atoms with Gasteiger partial charge in [-0.3, -0.25) is 0 Å². The molecule has 1 fully saturated rings. The van der Waals surface area contributed by atoms with Crippen LogP contribution in [0.25, 0.3) is 22.6 Å². The first-order valence-corrected chi connectivity index (χ1v) is 7.37. The summed E-state index contributed by atoms with van der Waals surface area (Å²) in [5, 5.41) is 5.33. The second-order valence-electron chi connectivity index (χ2n) is 5.69. The normalized spacial score (nSPS) is 15.9. The van der Waals surface area contributed by atoms with Crippen LogP contribution >= 0.6 is 0 Å². The topological polar surface area (TPSA) is 122 Å². The molecule has 114 valence electrons. The van der Waals surface area contributed by atoms with E-state index in [1.54, 1.807) is 6.26 Å². The van der Waals surface area contributed by atoms with E-state index in [1.165, 1.54) is 12.8 Å². The summed E-state index contributed by atoms with van der Waals surface area (Å²) in [5.74, 6) is 0.885. The third kappa shape index (κ3) is 1.91. The molecular weight excluding hydrogens is 282 g/mol. The number of fused-ring (bicyclic) bond motifs is 1. The lowest BCUT2D eigenvalue weighted by atomic mass is 10.2. The van der Waals surface area contributed by atoms with Gasteiger partial charge in [-0.05, 0) is 19.8 Å². The van der Waals surface area contributed by atoms with Gasteiger partial charge in [-0.15, -0.1) is 0 Å². The van der Waals surface area contributed by atoms with E-state index in [2.05, 4.69) is 20.1 Å². The van der Waals surface area contributed by atoms with Gasteiger partial charge in [-0.2, -0.15) is 15.1 Å². The Hall–Kier alpha value is -2.64. The Labute approximate surface area is 126 Å². The van der Waals surface area contributed by atoms with Crippen molar-refractivity contribution in [2.75, 3.05) is 11.5 Å². The molecule has 0 saturated heterocycles. The van der Waals surface area contributed by atoms with Gasteiger partial charge < -0.3 is 15.9 Å². The highest BCUT2D eigenvalue weighted by molar-refractivity contribution is 5.97. The van der Waals surface area contributed by atoms with Crippen LogP contribution in [-0.4, -0.2) is 24.7 Å². The van der Waals surface area contributed by atoms with Gasteiger partial charge in [0.25, 0.3) is 0 Å². The molecule has 3 heterocycles. The Kier molecular flexibility index (Phi) is 2.78. The third-order valence-corrected chi connectivity index (χ3v) is 4.09. The maximum atomic E-state index is 6.06. The van der Waals surface area contributed by atoms with Crippen LogP contribution in [0.5, 0.6) is 0 Å². The number of nitrogen functional groups attached to an aromatic ring is 2. The van der Waals surface area contributed by atoms with Crippen molar-refractivity contribution in [1.82, 2.24) is 24.7 Å². The van der Waals surface area contributed by atoms with Crippen molar-refractivity contribution in [2.24, 2.45) is 0 Å². The summed E-state index contributed by atoms with van der Waals surface area (Å²) in [5.41, 5.74) is 13.8. The first-order chi connectivity index (χ1) is 10.6. The molecule has 0 radical (unpaired) electrons. The predicted octanol–water partition coefficient (Wildman–Crippen LogP) is 2.07. The van der Waals surface area contributed by atoms with Gasteiger partial charge >= 0.3 is 0 Å². The van der Waals surface area contributed by atoms with Gasteiger partial charge in [-0.1, -0.05) is 12.8 Å². The van der Waals surface area contributed by atoms with Crippen LogP contribution in [0, 0.1) is 6.92 Å². The SMILES string of the molecule is Cc1coc(-c2nn(C3CCCC3)c3nc(N)nc(N)c23)n1. The first-order valence-electron chi connectivity index (χ1n) is 7.37. The summed E-state index contributed by atoms with van der Waals surface area (Å²) in [6.07, 6.45) is 6.12. The summed E-state index contributed by atoms with van der Waals surface area (Å²) in [7, 11) is 0. The van der Waals surface area contributed by atoms with E-state index < -0.39 is 0 Å². The third-order valence-electron chi connectivity index (χ3n) is 4.09. The molecule has 1 aliphatic carbocycles. The highest BCUT2D eigenvalue weighted by Gasteiger charge is 2.26. The van der Waals surface area contributed by atoms with Crippen LogP contribution < -0.4 is 11.5 Å². The highest BCUT2D eigenvalue weighted by Crippen LogP contribution is 2.36. The molecule has 0 aromatic carbocycles. The van der Waals surface area contributed by atoms with E-state index in [-0.39, 0.29) is 5.95 Å². The average molecular weight is 299 g/mol. The van der Waals surface area contributed by atoms with E-state index in [4.69, 9.17) is 15.9 Å². The Morgan fingerprint density at radius 3 is 2.64 bits per heavy atom. The predicted molar refractivity (Wildman–Crippen MR) is 81.9 cm³/mol. The maximum Gasteiger partial charge on any atom is 0.248 e. The number of aryl methyl sites for hydroxylation is 1. The summed E-state index contributed by atoms with van der Waals surface area (Å²) in [6.45, 7) is 1.86. The summed E-state index contributed by atoms with van der Waals surface area (Å²) in [4.78, 5) is 12.8. The molecule has 1 saturated carbocycles. The standard InChI is InChI=1S/C14H17N7O/c1-7-6-22-13(17-7)10-9-11(15)18-14(16)19-12(9)21(20-10)8-4-2-3-5-8/h6,8H,2-5H2,1H3,(H4,15,16,18,19). The largest absolute Gasteiger partial charge is 0.443 e. The molecule has 8 heteroatoms. The molecule has 3 aromatic heterocycles. The molecule has 0 bridgehead atoms. The molecule has 0 atom stereocenters. The zero-order valence-electron chi connectivity index (χ0n) is 12.3. The Bertz CT molecular complexity index is 844. The number of oxazole rings is 1. The second kappa shape index (κ2) is 4.69. The van der Waals surface area contributed by atoms with E-state index in [0.29, 0.717) is 34.5 Å². The van der Waals surface area contributed by atoms with E-state index in [1.807, 2.05) is 11.6 Å². The molecule has 4 N–H and O–H groups in total. The van der Waals surface area contributed by atoms with E-state index in [0.717, 1.165) is 18.5 Å². The van der Waals surface area contributed by atoms with Crippen molar-refractivity contribution in [2.45, 2.75) is 38.6 Å². The molecular formula is C14H17N7O. The van der Waals surface area contributed by atoms with Gasteiger partial charge in [0.1, 0.15) is 12.1 Å². The molecule has 0 amide bonds. The number of hydrogen-bond acceptors (Lipinski definition) is 7. The number of hydrogen-bond donors (Lipinski definition) is 2. The van der Waals surface area contributed by atoms with Gasteiger partial charge in [0.2, 0.25) is 11.8 Å². The van der Waals surface area contributed by atoms with Crippen LogP contribution in [0.1, 0.15) is 37.4 Å². The van der Waals surface area contributed by atoms with Crippen LogP contribution in [0.2, 0.25) is 0 Å². The van der Waals surface area contributed by atoms with E-state index >= 15 is 0 Å². The number of anilines is 2. The minimum absolute atomic E-state index is 0.152. The molecule has 3 aromatic rings. The van der Waals surface area contributed by atoms with Crippen LogP contribution in [0.3, 0.4) is 0 Å². The number of nitrogens with zero attached hydrogens (tertiary/aromatic N) is 5. The molecule has 0 unspecified atom stereocenters. The fourth-order valence-corrected chi connectivity index (χ4v) is 3.10. The quantitative estimate of drug-likeness (QED) is 0.742. The number of rotatable bonds is 2. The summed E-state index contributed by atoms with van der Waals surface area (Å²) >= 11 is 0. The minimum Gasteiger partial charge on any atom is -0.443 e. The maximum absolute atomic E-state index is 6.06. The van der Waals surface area contributed by atoms with Gasteiger partial charge in [-0.25, -0.2) is 9.67 Å². The fourth-order valence-electron chi connectivity index (χ4n) is 3.10. The monoisotopic (exact) mass is 299 g/mol. The van der Waals surface area contributed by atoms with Crippen molar-refractivity contribution < 1.29 is 4.42 Å². The van der Waals surface area contributed by atoms with Gasteiger partial charge in [0.05, 0.1) is 17.1 Å². The Balaban J connectivity index is 2.00. The van der Waals surface area contributed by atoms with E-state index in [9.17, 15) is 0 Å². The minimum atomic E-state index is 0.152. The van der Waals surface area contributed by atoms with Gasteiger partial charge in [0.15, 0.2) is 11.3 Å². The zero-order chi connectivity index (χ0) is 15.3. The molecule has 0 aliphatic heterocycles. The molecule has 1 aliphatic rings. The fraction of sp³-hybridized carbons (Fsp3) is 0.429. The Morgan fingerprint density at radius 1 is 1.18 bits per heavy atom. The number of aromatic nitrogens is 5. The van der Waals surface area contributed by atoms with Gasteiger partial charge in [0, 0.05) is 0 Å². The zero-order valence-corrected chi connectivity index (χ0v) is 12.3. The Morgan fingerprint density at radius 2 is 1.95 bits per heavy atom. The summed E-state index contributed by atoms with van der Waals surface area (Å²) < 4.78 is 7.40. The lowest BCUT2D eigenvalue weighted by Gasteiger charge is -2.10.